The van der Waals surface area contributed by atoms with Crippen molar-refractivity contribution in [2.45, 2.75) is 20.0 Å². The molecule has 42 heavy (non-hydrogen) atoms. The number of imide groups is 1. The van der Waals surface area contributed by atoms with Crippen LogP contribution in [0.5, 0.6) is 11.5 Å². The Balaban J connectivity index is 1.47. The van der Waals surface area contributed by atoms with E-state index in [0.717, 1.165) is 10.5 Å². The maximum absolute atomic E-state index is 13.1. The molecule has 0 bridgehead atoms. The smallest absolute Gasteiger partial charge is 0.339 e. The molecule has 218 valence electrons. The number of halogens is 2. The van der Waals surface area contributed by atoms with Gasteiger partial charge in [0.05, 0.1) is 29.2 Å². The molecular formula is C30H26Cl2N2O7S. The first kappa shape index (κ1) is 31.0. The monoisotopic (exact) mass is 628 g/mol. The lowest BCUT2D eigenvalue weighted by atomic mass is 10.1. The lowest BCUT2D eigenvalue weighted by Gasteiger charge is -2.14. The average molecular weight is 630 g/mol. The fourth-order valence-corrected chi connectivity index (χ4v) is 5.00. The van der Waals surface area contributed by atoms with Crippen LogP contribution in [0.4, 0.5) is 10.5 Å². The molecule has 1 heterocycles. The van der Waals surface area contributed by atoms with Crippen molar-refractivity contribution in [1.29, 1.82) is 0 Å². The van der Waals surface area contributed by atoms with E-state index in [-0.39, 0.29) is 34.4 Å². The van der Waals surface area contributed by atoms with Gasteiger partial charge in [0, 0.05) is 16.3 Å². The van der Waals surface area contributed by atoms with Gasteiger partial charge in [-0.15, -0.1) is 0 Å². The number of anilines is 1. The Kier molecular flexibility index (Phi) is 10.5. The quantitative estimate of drug-likeness (QED) is 0.182. The van der Waals surface area contributed by atoms with Crippen molar-refractivity contribution in [3.05, 3.63) is 92.3 Å². The lowest BCUT2D eigenvalue weighted by Crippen LogP contribution is -2.36. The number of hydrogen-bond acceptors (Lipinski definition) is 8. The zero-order valence-electron chi connectivity index (χ0n) is 22.6. The Labute approximate surface area is 256 Å². The largest absolute Gasteiger partial charge is 0.493 e. The summed E-state index contributed by atoms with van der Waals surface area (Å²) < 4.78 is 16.6. The average Bonchev–Trinajstić information content (AvgIpc) is 3.23. The van der Waals surface area contributed by atoms with Crippen molar-refractivity contribution >= 4 is 69.8 Å². The van der Waals surface area contributed by atoms with Crippen molar-refractivity contribution < 1.29 is 33.4 Å². The van der Waals surface area contributed by atoms with Gasteiger partial charge in [-0.3, -0.25) is 19.3 Å². The Morgan fingerprint density at radius 1 is 1.05 bits per heavy atom. The number of carbonyl (C=O) groups excluding carboxylic acids is 4. The normalized spacial score (nSPS) is 13.8. The minimum Gasteiger partial charge on any atom is -0.493 e. The van der Waals surface area contributed by atoms with E-state index in [1.165, 1.54) is 31.4 Å². The number of ether oxygens (including phenoxy) is 3. The molecule has 0 unspecified atom stereocenters. The molecule has 1 saturated heterocycles. The third-order valence-corrected chi connectivity index (χ3v) is 7.38. The SMILES string of the molecule is CCCOC(=O)c1cc(NC(=O)CN2C(=O)S/C(=C/c3cccc(OC)c3OCc3ccc(Cl)cc3)C2=O)ccc1Cl. The van der Waals surface area contributed by atoms with Crippen LogP contribution in [-0.4, -0.2) is 48.2 Å². The van der Waals surface area contributed by atoms with Crippen LogP contribution in [-0.2, 0) is 20.9 Å². The molecule has 3 aromatic carbocycles. The number of nitrogens with zero attached hydrogens (tertiary/aromatic N) is 1. The first-order valence-corrected chi connectivity index (χ1v) is 14.3. The molecule has 9 nitrogen and oxygen atoms in total. The molecule has 3 aromatic rings. The predicted molar refractivity (Wildman–Crippen MR) is 162 cm³/mol. The second-order valence-electron chi connectivity index (χ2n) is 8.94. The third-order valence-electron chi connectivity index (χ3n) is 5.89. The van der Waals surface area contributed by atoms with Crippen LogP contribution in [0.2, 0.25) is 10.0 Å². The molecule has 0 spiro atoms. The summed E-state index contributed by atoms with van der Waals surface area (Å²) in [5.74, 6) is -1.07. The van der Waals surface area contributed by atoms with Gasteiger partial charge in [-0.25, -0.2) is 4.79 Å². The van der Waals surface area contributed by atoms with Crippen LogP contribution in [0.3, 0.4) is 0 Å². The molecule has 0 saturated carbocycles. The number of para-hydroxylation sites is 1. The van der Waals surface area contributed by atoms with E-state index < -0.39 is 29.6 Å². The van der Waals surface area contributed by atoms with Gasteiger partial charge in [0.2, 0.25) is 5.91 Å². The summed E-state index contributed by atoms with van der Waals surface area (Å²) in [5, 5.41) is 2.75. The van der Waals surface area contributed by atoms with E-state index >= 15 is 0 Å². The first-order valence-electron chi connectivity index (χ1n) is 12.8. The number of amides is 3. The highest BCUT2D eigenvalue weighted by atomic mass is 35.5. The van der Waals surface area contributed by atoms with Crippen molar-refractivity contribution in [3.8, 4) is 11.5 Å². The van der Waals surface area contributed by atoms with E-state index in [1.807, 2.05) is 19.1 Å². The van der Waals surface area contributed by atoms with E-state index in [1.54, 1.807) is 30.3 Å². The number of hydrogen-bond donors (Lipinski definition) is 1. The molecule has 4 rings (SSSR count). The van der Waals surface area contributed by atoms with E-state index in [0.29, 0.717) is 40.3 Å². The maximum atomic E-state index is 13.1. The number of nitrogens with one attached hydrogen (secondary N) is 1. The van der Waals surface area contributed by atoms with Gasteiger partial charge >= 0.3 is 5.97 Å². The number of methoxy groups -OCH3 is 1. The van der Waals surface area contributed by atoms with Gasteiger partial charge in [-0.05, 0) is 66.2 Å². The van der Waals surface area contributed by atoms with E-state index in [9.17, 15) is 19.2 Å². The van der Waals surface area contributed by atoms with Gasteiger partial charge in [0.25, 0.3) is 11.1 Å². The zero-order chi connectivity index (χ0) is 30.2. The van der Waals surface area contributed by atoms with Gasteiger partial charge in [0.1, 0.15) is 13.2 Å². The number of thioether (sulfide) groups is 1. The molecular weight excluding hydrogens is 603 g/mol. The van der Waals surface area contributed by atoms with Gasteiger partial charge < -0.3 is 19.5 Å². The Bertz CT molecular complexity index is 1540. The van der Waals surface area contributed by atoms with Gasteiger partial charge in [-0.2, -0.15) is 0 Å². The molecule has 1 aliphatic heterocycles. The summed E-state index contributed by atoms with van der Waals surface area (Å²) in [4.78, 5) is 51.8. The molecule has 0 aliphatic carbocycles. The van der Waals surface area contributed by atoms with Crippen LogP contribution in [0.1, 0.15) is 34.8 Å². The molecule has 0 atom stereocenters. The summed E-state index contributed by atoms with van der Waals surface area (Å²) in [7, 11) is 1.50. The maximum Gasteiger partial charge on any atom is 0.339 e. The molecule has 1 fully saturated rings. The van der Waals surface area contributed by atoms with Crippen LogP contribution in [0, 0.1) is 0 Å². The number of carbonyl (C=O) groups is 4. The molecule has 1 aliphatic rings. The number of benzene rings is 3. The Morgan fingerprint density at radius 2 is 1.81 bits per heavy atom. The summed E-state index contributed by atoms with van der Waals surface area (Å²) in [6, 6.07) is 16.7. The fourth-order valence-electron chi connectivity index (χ4n) is 3.85. The molecule has 0 aromatic heterocycles. The highest BCUT2D eigenvalue weighted by Gasteiger charge is 2.36. The summed E-state index contributed by atoms with van der Waals surface area (Å²) in [5.41, 5.74) is 1.73. The highest BCUT2D eigenvalue weighted by Crippen LogP contribution is 2.38. The van der Waals surface area contributed by atoms with Crippen LogP contribution in [0.25, 0.3) is 6.08 Å². The standard InChI is InChI=1S/C30H26Cl2N2O7S/c1-3-13-40-29(37)22-15-21(11-12-23(22)32)33-26(35)16-34-28(36)25(42-30(34)38)14-19-5-4-6-24(39-2)27(19)41-17-18-7-9-20(31)10-8-18/h4-12,14-15H,3,13,16-17H2,1-2H3,(H,33,35)/b25-14+. The second kappa shape index (κ2) is 14.3. The predicted octanol–water partition coefficient (Wildman–Crippen LogP) is 6.82. The second-order valence-corrected chi connectivity index (χ2v) is 10.8. The third kappa shape index (κ3) is 7.64. The Hall–Kier alpha value is -3.99. The van der Waals surface area contributed by atoms with E-state index in [2.05, 4.69) is 5.32 Å². The van der Waals surface area contributed by atoms with Gasteiger partial charge in [-0.1, -0.05) is 54.4 Å². The first-order chi connectivity index (χ1) is 20.2. The zero-order valence-corrected chi connectivity index (χ0v) is 25.0. The Morgan fingerprint density at radius 3 is 2.52 bits per heavy atom. The molecule has 12 heteroatoms. The van der Waals surface area contributed by atoms with Crippen molar-refractivity contribution in [3.63, 3.8) is 0 Å². The van der Waals surface area contributed by atoms with Crippen molar-refractivity contribution in [2.75, 3.05) is 25.6 Å². The fraction of sp³-hybridized carbons (Fsp3) is 0.200. The summed E-state index contributed by atoms with van der Waals surface area (Å²) >= 11 is 12.8. The molecule has 0 radical (unpaired) electrons. The number of esters is 1. The topological polar surface area (TPSA) is 111 Å². The highest BCUT2D eigenvalue weighted by molar-refractivity contribution is 8.18. The summed E-state index contributed by atoms with van der Waals surface area (Å²) in [6.07, 6.45) is 2.16. The van der Waals surface area contributed by atoms with Crippen LogP contribution in [0.15, 0.2) is 65.6 Å². The molecule has 3 amide bonds. The number of rotatable bonds is 11. The minimum atomic E-state index is -0.637. The minimum absolute atomic E-state index is 0.0874. The van der Waals surface area contributed by atoms with Crippen LogP contribution < -0.4 is 14.8 Å². The molecule has 1 N–H and O–H groups in total. The lowest BCUT2D eigenvalue weighted by molar-refractivity contribution is -0.127. The van der Waals surface area contributed by atoms with E-state index in [4.69, 9.17) is 37.4 Å². The van der Waals surface area contributed by atoms with Crippen molar-refractivity contribution in [2.24, 2.45) is 0 Å². The van der Waals surface area contributed by atoms with Gasteiger partial charge in [0.15, 0.2) is 11.5 Å². The van der Waals surface area contributed by atoms with Crippen LogP contribution >= 0.6 is 35.0 Å². The summed E-state index contributed by atoms with van der Waals surface area (Å²) in [6.45, 7) is 1.77. The van der Waals surface area contributed by atoms with Crippen molar-refractivity contribution in [1.82, 2.24) is 4.90 Å².